The molecule has 5 heterocycles. The first-order chi connectivity index (χ1) is 20.5. The van der Waals surface area contributed by atoms with Crippen LogP contribution in [0.25, 0.3) is 16.7 Å². The highest BCUT2D eigenvalue weighted by Crippen LogP contribution is 2.30. The molecule has 0 radical (unpaired) electrons. The molecule has 0 unspecified atom stereocenters. The van der Waals surface area contributed by atoms with Crippen molar-refractivity contribution in [1.82, 2.24) is 29.0 Å². The Bertz CT molecular complexity index is 1750. The maximum atomic E-state index is 11.6. The number of carbonyl (C=O) groups is 1. The molecule has 0 spiro atoms. The maximum Gasteiger partial charge on any atom is 0.335 e. The highest BCUT2D eigenvalue weighted by atomic mass is 35.5. The predicted octanol–water partition coefficient (Wildman–Crippen LogP) is 4.89. The normalized spacial score (nSPS) is 16.7. The summed E-state index contributed by atoms with van der Waals surface area (Å²) in [6.07, 6.45) is 7.32. The highest BCUT2D eigenvalue weighted by Gasteiger charge is 2.25. The van der Waals surface area contributed by atoms with Crippen LogP contribution in [0, 0.1) is 0 Å². The van der Waals surface area contributed by atoms with Crippen LogP contribution in [0.2, 0.25) is 5.02 Å². The van der Waals surface area contributed by atoms with E-state index in [0.29, 0.717) is 37.1 Å². The van der Waals surface area contributed by atoms with Gasteiger partial charge in [-0.1, -0.05) is 23.7 Å². The molecule has 2 aliphatic heterocycles. The lowest BCUT2D eigenvalue weighted by atomic mass is 10.1. The third kappa shape index (κ3) is 5.36. The summed E-state index contributed by atoms with van der Waals surface area (Å²) >= 11 is 6.58. The summed E-state index contributed by atoms with van der Waals surface area (Å²) in [7, 11) is 0. The van der Waals surface area contributed by atoms with Crippen LogP contribution in [0.1, 0.15) is 39.4 Å². The number of hydrogen-bond acceptors (Lipinski definition) is 7. The minimum Gasteiger partial charge on any atom is -0.478 e. The first-order valence-corrected chi connectivity index (χ1v) is 14.3. The molecule has 10 nitrogen and oxygen atoms in total. The van der Waals surface area contributed by atoms with Crippen LogP contribution >= 0.6 is 11.6 Å². The Balaban J connectivity index is 1.07. The van der Waals surface area contributed by atoms with Crippen molar-refractivity contribution < 1.29 is 19.4 Å². The fourth-order valence-electron chi connectivity index (χ4n) is 5.49. The standard InChI is InChI=1S/C31H29ClN6O4/c32-25-13-21-7-10-36(16-27(21)35-30(25)42-18-20-1-4-23(5-2-20)37-11-9-33-19-37)17-29-34-26-6-3-22(31(39)40)14-28(26)38(29)15-24-8-12-41-24/h1-6,9,11,13-14,19,24H,7-8,10,12,15-18H2,(H,39,40)/t24-/m0/s1. The molecule has 0 bridgehead atoms. The van der Waals surface area contributed by atoms with Crippen molar-refractivity contribution in [2.24, 2.45) is 0 Å². The Morgan fingerprint density at radius 2 is 2.00 bits per heavy atom. The Morgan fingerprint density at radius 3 is 2.74 bits per heavy atom. The van der Waals surface area contributed by atoms with Crippen molar-refractivity contribution in [2.75, 3.05) is 13.2 Å². The lowest BCUT2D eigenvalue weighted by Gasteiger charge is -2.30. The molecule has 42 heavy (non-hydrogen) atoms. The average Bonchev–Trinajstić information content (AvgIpc) is 3.62. The third-order valence-electron chi connectivity index (χ3n) is 7.92. The van der Waals surface area contributed by atoms with Gasteiger partial charge in [-0.3, -0.25) is 4.90 Å². The molecule has 5 aromatic rings. The molecule has 0 aliphatic carbocycles. The Morgan fingerprint density at radius 1 is 1.14 bits per heavy atom. The molecule has 2 aromatic carbocycles. The summed E-state index contributed by atoms with van der Waals surface area (Å²) in [6, 6.07) is 15.1. The Labute approximate surface area is 247 Å². The summed E-state index contributed by atoms with van der Waals surface area (Å²) in [6.45, 7) is 3.82. The van der Waals surface area contributed by atoms with Gasteiger partial charge in [0.2, 0.25) is 5.88 Å². The van der Waals surface area contributed by atoms with Gasteiger partial charge >= 0.3 is 5.97 Å². The van der Waals surface area contributed by atoms with Crippen LogP contribution in [0.5, 0.6) is 5.88 Å². The second-order valence-corrected chi connectivity index (χ2v) is 11.1. The second-order valence-electron chi connectivity index (χ2n) is 10.7. The van der Waals surface area contributed by atoms with E-state index in [0.717, 1.165) is 65.4 Å². The van der Waals surface area contributed by atoms with E-state index in [4.69, 9.17) is 31.0 Å². The number of benzene rings is 2. The fourth-order valence-corrected chi connectivity index (χ4v) is 5.72. The van der Waals surface area contributed by atoms with Crippen LogP contribution in [0.4, 0.5) is 0 Å². The lowest BCUT2D eigenvalue weighted by molar-refractivity contribution is -0.0592. The summed E-state index contributed by atoms with van der Waals surface area (Å²) < 4.78 is 15.8. The first kappa shape index (κ1) is 26.6. The maximum absolute atomic E-state index is 11.6. The largest absolute Gasteiger partial charge is 0.478 e. The van der Waals surface area contributed by atoms with Gasteiger partial charge in [0, 0.05) is 37.8 Å². The summed E-state index contributed by atoms with van der Waals surface area (Å²) in [5, 5.41) is 10.0. The van der Waals surface area contributed by atoms with E-state index in [-0.39, 0.29) is 11.7 Å². The average molecular weight is 585 g/mol. The molecule has 2 aliphatic rings. The topological polar surface area (TPSA) is 108 Å². The van der Waals surface area contributed by atoms with Gasteiger partial charge in [-0.05, 0) is 60.4 Å². The van der Waals surface area contributed by atoms with E-state index in [1.807, 2.05) is 41.1 Å². The van der Waals surface area contributed by atoms with Gasteiger partial charge in [-0.2, -0.15) is 0 Å². The second kappa shape index (κ2) is 11.2. The van der Waals surface area contributed by atoms with Crippen LogP contribution in [-0.4, -0.2) is 59.3 Å². The van der Waals surface area contributed by atoms with Gasteiger partial charge in [-0.25, -0.2) is 19.7 Å². The monoisotopic (exact) mass is 584 g/mol. The number of imidazole rings is 2. The number of halogens is 1. The molecule has 7 rings (SSSR count). The summed E-state index contributed by atoms with van der Waals surface area (Å²) in [5.74, 6) is 0.357. The van der Waals surface area contributed by atoms with Gasteiger partial charge in [-0.15, -0.1) is 0 Å². The van der Waals surface area contributed by atoms with E-state index in [2.05, 4.69) is 14.5 Å². The first-order valence-electron chi connectivity index (χ1n) is 13.9. The molecular formula is C31H29ClN6O4. The third-order valence-corrected chi connectivity index (χ3v) is 8.19. The number of carboxylic acid groups (broad SMARTS) is 1. The molecular weight excluding hydrogens is 556 g/mol. The SMILES string of the molecule is O=C(O)c1ccc2nc(CN3CCc4cc(Cl)c(OCc5ccc(-n6ccnc6)cc5)nc4C3)n(C[C@@H]3CCO3)c2c1. The van der Waals surface area contributed by atoms with E-state index >= 15 is 0 Å². The number of pyridine rings is 1. The van der Waals surface area contributed by atoms with Crippen LogP contribution in [0.15, 0.2) is 67.3 Å². The van der Waals surface area contributed by atoms with Crippen molar-refractivity contribution >= 4 is 28.6 Å². The molecule has 1 atom stereocenters. The molecule has 0 saturated carbocycles. The Kier molecular flexibility index (Phi) is 7.10. The van der Waals surface area contributed by atoms with E-state index in [9.17, 15) is 9.90 Å². The number of rotatable bonds is 9. The van der Waals surface area contributed by atoms with Crippen molar-refractivity contribution in [3.63, 3.8) is 0 Å². The quantitative estimate of drug-likeness (QED) is 0.261. The fraction of sp³-hybridized carbons (Fsp3) is 0.290. The zero-order valence-electron chi connectivity index (χ0n) is 22.8. The minimum absolute atomic E-state index is 0.113. The number of nitrogens with zero attached hydrogens (tertiary/aromatic N) is 6. The van der Waals surface area contributed by atoms with Crippen LogP contribution in [0.3, 0.4) is 0 Å². The molecule has 1 N–H and O–H groups in total. The highest BCUT2D eigenvalue weighted by molar-refractivity contribution is 6.31. The summed E-state index contributed by atoms with van der Waals surface area (Å²) in [4.78, 5) is 27.7. The number of carboxylic acids is 1. The molecule has 1 saturated heterocycles. The molecule has 11 heteroatoms. The van der Waals surface area contributed by atoms with E-state index in [1.165, 1.54) is 0 Å². The van der Waals surface area contributed by atoms with E-state index < -0.39 is 5.97 Å². The number of ether oxygens (including phenoxy) is 2. The number of fused-ring (bicyclic) bond motifs is 2. The van der Waals surface area contributed by atoms with Gasteiger partial charge in [0.05, 0.1) is 47.8 Å². The van der Waals surface area contributed by atoms with Gasteiger partial charge in [0.15, 0.2) is 0 Å². The van der Waals surface area contributed by atoms with E-state index in [1.54, 1.807) is 30.7 Å². The minimum atomic E-state index is -0.951. The van der Waals surface area contributed by atoms with Gasteiger partial charge < -0.3 is 23.7 Å². The zero-order valence-corrected chi connectivity index (χ0v) is 23.6. The molecule has 1 fully saturated rings. The lowest BCUT2D eigenvalue weighted by Crippen LogP contribution is -2.34. The van der Waals surface area contributed by atoms with Crippen molar-refractivity contribution in [1.29, 1.82) is 0 Å². The zero-order chi connectivity index (χ0) is 28.6. The Hall–Kier alpha value is -4.25. The number of aromatic carboxylic acids is 1. The number of aromatic nitrogens is 5. The summed E-state index contributed by atoms with van der Waals surface area (Å²) in [5.41, 5.74) is 5.94. The smallest absolute Gasteiger partial charge is 0.335 e. The molecule has 214 valence electrons. The van der Waals surface area contributed by atoms with Crippen LogP contribution in [-0.2, 0) is 37.4 Å². The van der Waals surface area contributed by atoms with Crippen molar-refractivity contribution in [3.8, 4) is 11.6 Å². The molecule has 0 amide bonds. The van der Waals surface area contributed by atoms with Crippen LogP contribution < -0.4 is 4.74 Å². The van der Waals surface area contributed by atoms with Gasteiger partial charge in [0.25, 0.3) is 0 Å². The number of hydrogen-bond donors (Lipinski definition) is 1. The predicted molar refractivity (Wildman–Crippen MR) is 156 cm³/mol. The van der Waals surface area contributed by atoms with Crippen molar-refractivity contribution in [2.45, 2.75) is 45.2 Å². The van der Waals surface area contributed by atoms with Gasteiger partial charge in [0.1, 0.15) is 17.5 Å². The molecule has 3 aromatic heterocycles. The van der Waals surface area contributed by atoms with Crippen molar-refractivity contribution in [3.05, 3.63) is 100 Å².